The molecular formula is C15H16N2O4S. The minimum Gasteiger partial charge on any atom is -0.505 e. The maximum absolute atomic E-state index is 11.3. The van der Waals surface area contributed by atoms with E-state index in [0.29, 0.717) is 16.8 Å². The van der Waals surface area contributed by atoms with Gasteiger partial charge < -0.3 is 5.11 Å². The van der Waals surface area contributed by atoms with E-state index in [2.05, 4.69) is 10.2 Å². The molecule has 0 aliphatic heterocycles. The van der Waals surface area contributed by atoms with Gasteiger partial charge in [0.05, 0.1) is 10.6 Å². The van der Waals surface area contributed by atoms with Crippen LogP contribution in [0.3, 0.4) is 0 Å². The van der Waals surface area contributed by atoms with Crippen LogP contribution < -0.4 is 0 Å². The van der Waals surface area contributed by atoms with Crippen molar-refractivity contribution in [2.75, 3.05) is 0 Å². The summed E-state index contributed by atoms with van der Waals surface area (Å²) in [6.45, 7) is 5.19. The van der Waals surface area contributed by atoms with Crippen LogP contribution in [-0.2, 0) is 10.1 Å². The number of phenols is 1. The summed E-state index contributed by atoms with van der Waals surface area (Å²) in [5.41, 5.74) is 2.57. The molecule has 0 radical (unpaired) electrons. The van der Waals surface area contributed by atoms with Crippen LogP contribution in [0.2, 0.25) is 0 Å². The van der Waals surface area contributed by atoms with E-state index in [1.54, 1.807) is 26.0 Å². The third-order valence-corrected chi connectivity index (χ3v) is 4.14. The summed E-state index contributed by atoms with van der Waals surface area (Å²) < 4.78 is 31.7. The highest BCUT2D eigenvalue weighted by molar-refractivity contribution is 7.85. The van der Waals surface area contributed by atoms with Gasteiger partial charge in [-0.25, -0.2) is 0 Å². The number of azo groups is 1. The molecule has 0 unspecified atom stereocenters. The van der Waals surface area contributed by atoms with Gasteiger partial charge in [0.1, 0.15) is 11.4 Å². The quantitative estimate of drug-likeness (QED) is 0.660. The molecule has 0 spiro atoms. The Morgan fingerprint density at radius 2 is 1.64 bits per heavy atom. The SMILES string of the molecule is Cc1cc(C)c(O)c(N=Nc2ccc(C)c(S(=O)(=O)O)c2)c1. The third-order valence-electron chi connectivity index (χ3n) is 3.15. The van der Waals surface area contributed by atoms with Gasteiger partial charge in [-0.3, -0.25) is 4.55 Å². The van der Waals surface area contributed by atoms with Crippen molar-refractivity contribution >= 4 is 21.5 Å². The first-order valence-electron chi connectivity index (χ1n) is 6.48. The zero-order valence-electron chi connectivity index (χ0n) is 12.4. The van der Waals surface area contributed by atoms with E-state index in [4.69, 9.17) is 4.55 Å². The van der Waals surface area contributed by atoms with E-state index in [0.717, 1.165) is 5.56 Å². The van der Waals surface area contributed by atoms with Crippen LogP contribution in [0.1, 0.15) is 16.7 Å². The van der Waals surface area contributed by atoms with E-state index in [-0.39, 0.29) is 16.3 Å². The molecule has 0 saturated heterocycles. The van der Waals surface area contributed by atoms with Gasteiger partial charge in [0, 0.05) is 0 Å². The van der Waals surface area contributed by atoms with Gasteiger partial charge >= 0.3 is 0 Å². The zero-order valence-corrected chi connectivity index (χ0v) is 13.2. The van der Waals surface area contributed by atoms with Crippen molar-refractivity contribution < 1.29 is 18.1 Å². The molecule has 2 N–H and O–H groups in total. The fourth-order valence-electron chi connectivity index (χ4n) is 2.05. The molecule has 116 valence electrons. The number of benzene rings is 2. The monoisotopic (exact) mass is 320 g/mol. The lowest BCUT2D eigenvalue weighted by atomic mass is 10.1. The van der Waals surface area contributed by atoms with Gasteiger partial charge in [0.2, 0.25) is 0 Å². The molecule has 0 saturated carbocycles. The van der Waals surface area contributed by atoms with Gasteiger partial charge in [-0.1, -0.05) is 12.1 Å². The van der Waals surface area contributed by atoms with Crippen LogP contribution in [0.4, 0.5) is 11.4 Å². The summed E-state index contributed by atoms with van der Waals surface area (Å²) in [6, 6.07) is 7.82. The van der Waals surface area contributed by atoms with Crippen molar-refractivity contribution in [1.82, 2.24) is 0 Å². The van der Waals surface area contributed by atoms with Crippen LogP contribution in [0.25, 0.3) is 0 Å². The molecule has 0 fully saturated rings. The van der Waals surface area contributed by atoms with E-state index < -0.39 is 10.1 Å². The summed E-state index contributed by atoms with van der Waals surface area (Å²) in [5, 5.41) is 17.8. The van der Waals surface area contributed by atoms with Crippen LogP contribution in [0, 0.1) is 20.8 Å². The number of nitrogens with zero attached hydrogens (tertiary/aromatic N) is 2. The zero-order chi connectivity index (χ0) is 16.5. The lowest BCUT2D eigenvalue weighted by Crippen LogP contribution is -2.00. The molecule has 0 aliphatic carbocycles. The van der Waals surface area contributed by atoms with E-state index in [9.17, 15) is 13.5 Å². The topological polar surface area (TPSA) is 99.3 Å². The van der Waals surface area contributed by atoms with E-state index in [1.165, 1.54) is 12.1 Å². The second kappa shape index (κ2) is 5.86. The first-order chi connectivity index (χ1) is 10.2. The molecule has 0 aliphatic rings. The molecule has 2 aromatic carbocycles. The predicted octanol–water partition coefficient (Wildman–Crippen LogP) is 3.98. The number of hydrogen-bond acceptors (Lipinski definition) is 5. The molecule has 0 bridgehead atoms. The molecule has 0 heterocycles. The minimum absolute atomic E-state index is 0.0245. The van der Waals surface area contributed by atoms with Crippen molar-refractivity contribution in [2.45, 2.75) is 25.7 Å². The van der Waals surface area contributed by atoms with Gasteiger partial charge in [0.15, 0.2) is 0 Å². The smallest absolute Gasteiger partial charge is 0.294 e. The van der Waals surface area contributed by atoms with Gasteiger partial charge in [-0.15, -0.1) is 5.11 Å². The highest BCUT2D eigenvalue weighted by Crippen LogP contribution is 2.33. The molecular weight excluding hydrogens is 304 g/mol. The number of hydrogen-bond donors (Lipinski definition) is 2. The average Bonchev–Trinajstić information content (AvgIpc) is 2.41. The first kappa shape index (κ1) is 16.1. The average molecular weight is 320 g/mol. The molecule has 0 amide bonds. The Labute approximate surface area is 128 Å². The Balaban J connectivity index is 2.44. The molecule has 6 nitrogen and oxygen atoms in total. The summed E-state index contributed by atoms with van der Waals surface area (Å²) >= 11 is 0. The van der Waals surface area contributed by atoms with Gasteiger partial charge in [0.25, 0.3) is 10.1 Å². The molecule has 2 aromatic rings. The van der Waals surface area contributed by atoms with Gasteiger partial charge in [-0.05, 0) is 55.7 Å². The second-order valence-corrected chi connectivity index (χ2v) is 6.46. The maximum Gasteiger partial charge on any atom is 0.294 e. The maximum atomic E-state index is 11.3. The Bertz CT molecular complexity index is 858. The largest absolute Gasteiger partial charge is 0.505 e. The molecule has 0 aromatic heterocycles. The van der Waals surface area contributed by atoms with Crippen LogP contribution in [-0.4, -0.2) is 18.1 Å². The number of rotatable bonds is 3. The Hall–Kier alpha value is -2.25. The van der Waals surface area contributed by atoms with E-state index in [1.807, 2.05) is 13.0 Å². The van der Waals surface area contributed by atoms with E-state index >= 15 is 0 Å². The highest BCUT2D eigenvalue weighted by atomic mass is 32.2. The lowest BCUT2D eigenvalue weighted by Gasteiger charge is -2.05. The summed E-state index contributed by atoms with van der Waals surface area (Å²) in [4.78, 5) is -0.214. The minimum atomic E-state index is -4.31. The fourth-order valence-corrected chi connectivity index (χ4v) is 2.80. The first-order valence-corrected chi connectivity index (χ1v) is 7.92. The van der Waals surface area contributed by atoms with Crippen LogP contribution in [0.5, 0.6) is 5.75 Å². The lowest BCUT2D eigenvalue weighted by molar-refractivity contribution is 0.472. The standard InChI is InChI=1S/C15H16N2O4S/c1-9-6-11(3)15(18)13(7-9)17-16-12-5-4-10(2)14(8-12)22(19,20)21/h4-8,18H,1-3H3,(H,19,20,21). The summed E-state index contributed by atoms with van der Waals surface area (Å²) in [5.74, 6) is 0.0245. The Morgan fingerprint density at radius 3 is 2.27 bits per heavy atom. The van der Waals surface area contributed by atoms with Crippen molar-refractivity contribution in [2.24, 2.45) is 10.2 Å². The van der Waals surface area contributed by atoms with Crippen molar-refractivity contribution in [3.63, 3.8) is 0 Å². The number of aromatic hydroxyl groups is 1. The second-order valence-electron chi connectivity index (χ2n) is 5.07. The molecule has 7 heteroatoms. The summed E-state index contributed by atoms with van der Waals surface area (Å²) in [7, 11) is -4.31. The highest BCUT2D eigenvalue weighted by Gasteiger charge is 2.13. The predicted molar refractivity (Wildman–Crippen MR) is 82.8 cm³/mol. The van der Waals surface area contributed by atoms with Crippen molar-refractivity contribution in [3.05, 3.63) is 47.0 Å². The summed E-state index contributed by atoms with van der Waals surface area (Å²) in [6.07, 6.45) is 0. The third kappa shape index (κ3) is 3.49. The number of phenolic OH excluding ortho intramolecular Hbond substituents is 1. The van der Waals surface area contributed by atoms with Crippen molar-refractivity contribution in [3.8, 4) is 5.75 Å². The van der Waals surface area contributed by atoms with Crippen LogP contribution >= 0.6 is 0 Å². The normalized spacial score (nSPS) is 12.0. The number of aryl methyl sites for hydroxylation is 3. The van der Waals surface area contributed by atoms with Crippen LogP contribution in [0.15, 0.2) is 45.5 Å². The molecule has 2 rings (SSSR count). The van der Waals surface area contributed by atoms with Crippen molar-refractivity contribution in [1.29, 1.82) is 0 Å². The molecule has 0 atom stereocenters. The van der Waals surface area contributed by atoms with Gasteiger partial charge in [-0.2, -0.15) is 13.5 Å². The fraction of sp³-hybridized carbons (Fsp3) is 0.200. The Kier molecular flexibility index (Phi) is 4.30. The molecule has 22 heavy (non-hydrogen) atoms. The Morgan fingerprint density at radius 1 is 0.955 bits per heavy atom.